The van der Waals surface area contributed by atoms with Crippen LogP contribution in [-0.4, -0.2) is 36.6 Å². The van der Waals surface area contributed by atoms with Crippen LogP contribution in [0.5, 0.6) is 0 Å². The molecule has 6 heteroatoms. The maximum absolute atomic E-state index is 12.4. The van der Waals surface area contributed by atoms with E-state index in [4.69, 9.17) is 0 Å². The van der Waals surface area contributed by atoms with Gasteiger partial charge < -0.3 is 10.2 Å². The van der Waals surface area contributed by atoms with Crippen molar-refractivity contribution in [1.29, 1.82) is 0 Å². The van der Waals surface area contributed by atoms with E-state index in [1.807, 2.05) is 31.2 Å². The number of amides is 1. The highest BCUT2D eigenvalue weighted by molar-refractivity contribution is 5.81. The van der Waals surface area contributed by atoms with E-state index in [2.05, 4.69) is 5.32 Å². The maximum atomic E-state index is 12.4. The second-order valence-electron chi connectivity index (χ2n) is 5.53. The fourth-order valence-corrected chi connectivity index (χ4v) is 2.59. The molecule has 1 heterocycles. The van der Waals surface area contributed by atoms with Crippen LogP contribution in [0.2, 0.25) is 0 Å². The smallest absolute Gasteiger partial charge is 0.382 e. The summed E-state index contributed by atoms with van der Waals surface area (Å²) < 4.78 is 36.7. The molecule has 0 aliphatic carbocycles. The summed E-state index contributed by atoms with van der Waals surface area (Å²) in [6.45, 7) is 1.59. The van der Waals surface area contributed by atoms with Crippen molar-refractivity contribution in [2.45, 2.75) is 32.0 Å². The van der Waals surface area contributed by atoms with E-state index in [1.165, 1.54) is 11.9 Å². The molecule has 1 amide bonds. The van der Waals surface area contributed by atoms with Crippen LogP contribution in [-0.2, 0) is 11.2 Å². The van der Waals surface area contributed by atoms with Gasteiger partial charge in [0.25, 0.3) is 0 Å². The summed E-state index contributed by atoms with van der Waals surface area (Å²) in [6.07, 6.45) is -4.66. The Balaban J connectivity index is 2.03. The van der Waals surface area contributed by atoms with Gasteiger partial charge in [-0.25, -0.2) is 0 Å². The number of hydrogen-bond acceptors (Lipinski definition) is 2. The highest BCUT2D eigenvalue weighted by atomic mass is 19.4. The van der Waals surface area contributed by atoms with Crippen LogP contribution in [0.25, 0.3) is 0 Å². The number of nitrogens with one attached hydrogen (secondary N) is 1. The summed E-state index contributed by atoms with van der Waals surface area (Å²) in [5.41, 5.74) is 2.02. The van der Waals surface area contributed by atoms with Crippen LogP contribution in [0, 0.1) is 5.92 Å². The third kappa shape index (κ3) is 3.89. The largest absolute Gasteiger partial charge is 0.390 e. The number of rotatable bonds is 3. The van der Waals surface area contributed by atoms with Crippen LogP contribution in [0.3, 0.4) is 0 Å². The highest BCUT2D eigenvalue weighted by Crippen LogP contribution is 2.29. The summed E-state index contributed by atoms with van der Waals surface area (Å²) in [5, 5.41) is 3.25. The van der Waals surface area contributed by atoms with E-state index in [0.717, 1.165) is 11.3 Å². The molecule has 1 aromatic carbocycles. The summed E-state index contributed by atoms with van der Waals surface area (Å²) in [4.78, 5) is 13.5. The van der Waals surface area contributed by atoms with E-state index in [-0.39, 0.29) is 24.4 Å². The molecule has 2 atom stereocenters. The lowest BCUT2D eigenvalue weighted by Crippen LogP contribution is -2.44. The summed E-state index contributed by atoms with van der Waals surface area (Å²) in [6, 6.07) is 7.59. The first kappa shape index (κ1) is 15.7. The number of carbonyl (C=O) groups is 1. The molecule has 0 aromatic heterocycles. The Labute approximate surface area is 122 Å². The highest BCUT2D eigenvalue weighted by Gasteiger charge is 2.34. The molecule has 2 unspecified atom stereocenters. The molecule has 3 nitrogen and oxygen atoms in total. The number of halogens is 3. The Morgan fingerprint density at radius 3 is 2.71 bits per heavy atom. The number of nitrogens with zero attached hydrogens (tertiary/aromatic N) is 1. The Morgan fingerprint density at radius 2 is 2.05 bits per heavy atom. The Morgan fingerprint density at radius 1 is 1.38 bits per heavy atom. The molecule has 0 radical (unpaired) electrons. The van der Waals surface area contributed by atoms with Gasteiger partial charge in [-0.3, -0.25) is 4.79 Å². The van der Waals surface area contributed by atoms with Crippen molar-refractivity contribution in [3.63, 3.8) is 0 Å². The zero-order valence-corrected chi connectivity index (χ0v) is 12.1. The number of fused-ring (bicyclic) bond motifs is 1. The van der Waals surface area contributed by atoms with Gasteiger partial charge in [-0.2, -0.15) is 13.2 Å². The SMILES string of the molecule is CC1Nc2ccccc2CC1C(=O)N(C)CCC(F)(F)F. The van der Waals surface area contributed by atoms with Gasteiger partial charge in [0.05, 0.1) is 12.3 Å². The van der Waals surface area contributed by atoms with Gasteiger partial charge in [-0.05, 0) is 25.0 Å². The fraction of sp³-hybridized carbons (Fsp3) is 0.533. The molecule has 0 fully saturated rings. The topological polar surface area (TPSA) is 32.3 Å². The number of alkyl halides is 3. The van der Waals surface area contributed by atoms with Gasteiger partial charge in [0.2, 0.25) is 5.91 Å². The lowest BCUT2D eigenvalue weighted by atomic mass is 9.87. The van der Waals surface area contributed by atoms with Gasteiger partial charge in [0.1, 0.15) is 0 Å². The number of hydrogen-bond donors (Lipinski definition) is 1. The van der Waals surface area contributed by atoms with Crippen LogP contribution in [0.15, 0.2) is 24.3 Å². The predicted octanol–water partition coefficient (Wildman–Crippen LogP) is 3.07. The molecule has 116 valence electrons. The zero-order valence-electron chi connectivity index (χ0n) is 12.1. The second kappa shape index (κ2) is 5.95. The lowest BCUT2D eigenvalue weighted by Gasteiger charge is -2.34. The minimum atomic E-state index is -4.24. The number of para-hydroxylation sites is 1. The molecule has 1 aliphatic rings. The predicted molar refractivity (Wildman–Crippen MR) is 75.0 cm³/mol. The standard InChI is InChI=1S/C15H19F3N2O/c1-10-12(9-11-5-3-4-6-13(11)19-10)14(21)20(2)8-7-15(16,17)18/h3-6,10,12,19H,7-9H2,1-2H3. The number of benzene rings is 1. The van der Waals surface area contributed by atoms with Crippen molar-refractivity contribution in [2.75, 3.05) is 18.9 Å². The van der Waals surface area contributed by atoms with Crippen molar-refractivity contribution in [3.05, 3.63) is 29.8 Å². The summed E-state index contributed by atoms with van der Waals surface area (Å²) >= 11 is 0. The first-order valence-corrected chi connectivity index (χ1v) is 6.94. The van der Waals surface area contributed by atoms with Crippen molar-refractivity contribution >= 4 is 11.6 Å². The summed E-state index contributed by atoms with van der Waals surface area (Å²) in [5.74, 6) is -0.577. The first-order valence-electron chi connectivity index (χ1n) is 6.94. The molecule has 1 aliphatic heterocycles. The van der Waals surface area contributed by atoms with Gasteiger partial charge >= 0.3 is 6.18 Å². The van der Waals surface area contributed by atoms with Gasteiger partial charge in [-0.1, -0.05) is 18.2 Å². The summed E-state index contributed by atoms with van der Waals surface area (Å²) in [7, 11) is 1.43. The second-order valence-corrected chi connectivity index (χ2v) is 5.53. The third-order valence-corrected chi connectivity index (χ3v) is 3.87. The van der Waals surface area contributed by atoms with Crippen molar-refractivity contribution < 1.29 is 18.0 Å². The normalized spacial score (nSPS) is 21.4. The van der Waals surface area contributed by atoms with Crippen molar-refractivity contribution in [2.24, 2.45) is 5.92 Å². The Bertz CT molecular complexity index is 516. The fourth-order valence-electron chi connectivity index (χ4n) is 2.59. The monoisotopic (exact) mass is 300 g/mol. The Hall–Kier alpha value is -1.72. The molecule has 0 bridgehead atoms. The number of carbonyl (C=O) groups excluding carboxylic acids is 1. The molecular formula is C15H19F3N2O. The van der Waals surface area contributed by atoms with E-state index >= 15 is 0 Å². The van der Waals surface area contributed by atoms with E-state index in [9.17, 15) is 18.0 Å². The Kier molecular flexibility index (Phi) is 4.44. The maximum Gasteiger partial charge on any atom is 0.390 e. The first-order chi connectivity index (χ1) is 9.78. The van der Waals surface area contributed by atoms with Crippen molar-refractivity contribution in [3.8, 4) is 0 Å². The quantitative estimate of drug-likeness (QED) is 0.930. The molecule has 2 rings (SSSR count). The molecular weight excluding hydrogens is 281 g/mol. The minimum absolute atomic E-state index is 0.0965. The van der Waals surface area contributed by atoms with Crippen LogP contribution in [0.4, 0.5) is 18.9 Å². The molecule has 0 saturated heterocycles. The molecule has 0 spiro atoms. The third-order valence-electron chi connectivity index (χ3n) is 3.87. The molecule has 1 aromatic rings. The minimum Gasteiger partial charge on any atom is -0.382 e. The van der Waals surface area contributed by atoms with Gasteiger partial charge in [-0.15, -0.1) is 0 Å². The van der Waals surface area contributed by atoms with E-state index in [0.29, 0.717) is 6.42 Å². The molecule has 0 saturated carbocycles. The van der Waals surface area contributed by atoms with Gasteiger partial charge in [0, 0.05) is 25.3 Å². The van der Waals surface area contributed by atoms with Crippen LogP contribution < -0.4 is 5.32 Å². The van der Waals surface area contributed by atoms with Gasteiger partial charge in [0.15, 0.2) is 0 Å². The van der Waals surface area contributed by atoms with Crippen LogP contribution >= 0.6 is 0 Å². The van der Waals surface area contributed by atoms with Crippen LogP contribution in [0.1, 0.15) is 18.9 Å². The number of anilines is 1. The van der Waals surface area contributed by atoms with E-state index < -0.39 is 12.6 Å². The molecule has 21 heavy (non-hydrogen) atoms. The average Bonchev–Trinajstić information content (AvgIpc) is 2.42. The zero-order chi connectivity index (χ0) is 15.6. The average molecular weight is 300 g/mol. The van der Waals surface area contributed by atoms with Crippen molar-refractivity contribution in [1.82, 2.24) is 4.90 Å². The van der Waals surface area contributed by atoms with E-state index in [1.54, 1.807) is 0 Å². The molecule has 1 N–H and O–H groups in total. The lowest BCUT2D eigenvalue weighted by molar-refractivity contribution is -0.146.